The van der Waals surface area contributed by atoms with Crippen molar-refractivity contribution in [2.24, 2.45) is 0 Å². The van der Waals surface area contributed by atoms with Gasteiger partial charge in [0.15, 0.2) is 0 Å². The van der Waals surface area contributed by atoms with Gasteiger partial charge in [-0.1, -0.05) is 185 Å². The summed E-state index contributed by atoms with van der Waals surface area (Å²) < 4.78 is 384. The second-order valence-electron chi connectivity index (χ2n) is 15.1. The first-order valence-electron chi connectivity index (χ1n) is 39.3. The Morgan fingerprint density at radius 2 is 0.645 bits per heavy atom. The van der Waals surface area contributed by atoms with Crippen LogP contribution in [-0.4, -0.2) is 0 Å². The summed E-state index contributed by atoms with van der Waals surface area (Å²) in [5.41, 5.74) is -24.9. The third-order valence-electron chi connectivity index (χ3n) is 11.7. The van der Waals surface area contributed by atoms with Gasteiger partial charge in [0.2, 0.25) is 0 Å². The van der Waals surface area contributed by atoms with Gasteiger partial charge in [0.05, 0.1) is 39.8 Å². The Morgan fingerprint density at radius 1 is 0.306 bits per heavy atom. The van der Waals surface area contributed by atoms with Crippen LogP contribution in [0.2, 0.25) is 0 Å². The number of hydrogen-bond acceptors (Lipinski definition) is 0. The van der Waals surface area contributed by atoms with Crippen LogP contribution >= 0.6 is 0 Å². The first kappa shape index (κ1) is 13.4. The summed E-state index contributed by atoms with van der Waals surface area (Å²) in [4.78, 5) is 0. The molecule has 62 heavy (non-hydrogen) atoms. The van der Waals surface area contributed by atoms with Gasteiger partial charge in [-0.2, -0.15) is 0 Å². The minimum atomic E-state index is -4.24. The summed E-state index contributed by atoms with van der Waals surface area (Å²) in [6.07, 6.45) is 0. The lowest BCUT2D eigenvalue weighted by Gasteiger charge is -2.24. The second-order valence-corrected chi connectivity index (χ2v) is 15.1. The van der Waals surface area contributed by atoms with Crippen LogP contribution in [0.5, 0.6) is 0 Å². The molecular formula is C62H42. The van der Waals surface area contributed by atoms with Gasteiger partial charge < -0.3 is 0 Å². The highest BCUT2D eigenvalue weighted by Gasteiger charge is 2.38. The van der Waals surface area contributed by atoms with Gasteiger partial charge >= 0.3 is 0 Å². The molecule has 0 heterocycles. The molecule has 0 fully saturated rings. The van der Waals surface area contributed by atoms with Gasteiger partial charge in [0.1, 0.15) is 0 Å². The Bertz CT molecular complexity index is 6030. The molecule has 12 aromatic rings. The minimum Gasteiger partial charge on any atom is -0.0610 e. The quantitative estimate of drug-likeness (QED) is 0.156. The Balaban J connectivity index is 1.10. The van der Waals surface area contributed by atoms with Gasteiger partial charge in [-0.15, -0.1) is 0 Å². The van der Waals surface area contributed by atoms with Crippen molar-refractivity contribution in [1.29, 1.82) is 0 Å². The normalized spacial score (nSPS) is 24.9. The molecule has 0 saturated heterocycles. The topological polar surface area (TPSA) is 0 Å². The summed E-state index contributed by atoms with van der Waals surface area (Å²) in [6, 6.07) is -30.6. The van der Waals surface area contributed by atoms with E-state index in [4.69, 9.17) is 12.3 Å². The summed E-state index contributed by atoms with van der Waals surface area (Å²) in [5, 5.41) is -5.95. The first-order chi connectivity index (χ1) is 47.4. The van der Waals surface area contributed by atoms with Crippen molar-refractivity contribution in [3.63, 3.8) is 0 Å². The monoisotopic (exact) mass is 828 g/mol. The second kappa shape index (κ2) is 11.8. The standard InChI is InChI=1S/C62H42/c1-61(2)53-31-41(19-25-47(53)49-27-21-43(33-55(49)61)45-23-15-39-13-11-35-7-5-9-37-17-29-51(45)59(39)57(35)37)42-20-26-48-50-28-22-44(34-56(50)62(3,4)54(48)32-42)46-24-16-40-14-12-36-8-6-10-38-18-30-52(46)60(40)58(36)38/h5-34H,1-4H3/i1D3,2D3,3D3,4D3,5D,6D,7D,8D,9D,11D,12D,13D,14D,15D,16D,17D,18D,19D,20D,21D,22D,23D,24D,25D,26D,27D,28D,29D,30D,31D,32D,33D,34D. The van der Waals surface area contributed by atoms with E-state index in [1.165, 1.54) is 0 Å². The van der Waals surface area contributed by atoms with Gasteiger partial charge in [0.25, 0.3) is 0 Å². The molecule has 0 unspecified atom stereocenters. The lowest BCUT2D eigenvalue weighted by molar-refractivity contribution is 0.660. The lowest BCUT2D eigenvalue weighted by atomic mass is 9.79. The highest BCUT2D eigenvalue weighted by Crippen LogP contribution is 2.54. The van der Waals surface area contributed by atoms with Crippen LogP contribution in [0.15, 0.2) is 181 Å². The average Bonchev–Trinajstić information content (AvgIpc) is 1.37. The molecule has 0 bridgehead atoms. The van der Waals surface area contributed by atoms with Gasteiger partial charge in [-0.05, 0) is 167 Å². The zero-order chi connectivity index (χ0) is 76.5. The summed E-state index contributed by atoms with van der Waals surface area (Å²) in [7, 11) is 0. The molecule has 0 saturated carbocycles. The van der Waals surface area contributed by atoms with Crippen LogP contribution in [0.1, 0.15) is 106 Å². The van der Waals surface area contributed by atoms with Crippen molar-refractivity contribution in [3.8, 4) is 55.6 Å². The molecule has 0 atom stereocenters. The van der Waals surface area contributed by atoms with E-state index in [9.17, 15) is 43.9 Å². The van der Waals surface area contributed by atoms with E-state index in [0.717, 1.165) is 6.07 Å². The fourth-order valence-corrected chi connectivity index (χ4v) is 8.81. The molecule has 0 spiro atoms. The molecule has 0 amide bonds. The SMILES string of the molecule is [2H]c1cc2c([2H])c([2H])c3c(-c4c([2H])c([2H])c5c(c4[2H])C(C([2H])([2H])[2H])(C([2H])([2H])[2H])c4c([2H])c(-c6c([2H])c([2H])c7c(c6[2H])C(C([2H])([2H])[2H])(C([2H])([2H])[2H])c6c([2H])c(-c8c([2H])c([2H])c9c([2H])c([2H])c%10c([2H])c([2H])c([2H])c%11c([2H])c([2H])c8c9c%10%11)c([2H])c([2H])c6-7)c([2H])c([2H])c4-5)c([2H])c([2H])c4c([2H])c([2H])c(c1[2H])c2c43. The van der Waals surface area contributed by atoms with E-state index in [2.05, 4.69) is 0 Å². The van der Waals surface area contributed by atoms with Crippen LogP contribution in [0.25, 0.3) is 120 Å². The molecule has 0 N–H and O–H groups in total. The molecular weight excluding hydrogens is 745 g/mol. The molecule has 14 rings (SSSR count). The van der Waals surface area contributed by atoms with Crippen LogP contribution in [-0.2, 0) is 10.8 Å². The third kappa shape index (κ3) is 4.42. The molecule has 0 aliphatic heterocycles. The molecule has 0 nitrogen and oxygen atoms in total. The summed E-state index contributed by atoms with van der Waals surface area (Å²) in [6.45, 7) is -16.9. The Kier molecular flexibility index (Phi) is 2.53. The Labute approximate surface area is 419 Å². The van der Waals surface area contributed by atoms with E-state index in [1.807, 2.05) is 0 Å². The van der Waals surface area contributed by atoms with Crippen molar-refractivity contribution in [1.82, 2.24) is 0 Å². The van der Waals surface area contributed by atoms with Crippen molar-refractivity contribution < 1.29 is 56.2 Å². The third-order valence-corrected chi connectivity index (χ3v) is 11.7. The maximum atomic E-state index is 10.2. The average molecular weight is 828 g/mol. The predicted octanol–water partition coefficient (Wildman–Crippen LogP) is 17.1. The van der Waals surface area contributed by atoms with Gasteiger partial charge in [0, 0.05) is 27.3 Å². The van der Waals surface area contributed by atoms with E-state index >= 15 is 0 Å². The van der Waals surface area contributed by atoms with E-state index in [1.54, 1.807) is 0 Å². The minimum absolute atomic E-state index is 0.263. The maximum absolute atomic E-state index is 10.2. The highest BCUT2D eigenvalue weighted by atomic mass is 14.4. The largest absolute Gasteiger partial charge is 0.0633 e. The predicted molar refractivity (Wildman–Crippen MR) is 265 cm³/mol. The van der Waals surface area contributed by atoms with E-state index in [0.29, 0.717) is 0 Å². The van der Waals surface area contributed by atoms with Crippen molar-refractivity contribution >= 4 is 64.6 Å². The zero-order valence-electron chi connectivity index (χ0n) is 72.1. The highest BCUT2D eigenvalue weighted by molar-refractivity contribution is 6.26. The maximum Gasteiger partial charge on any atom is 0.0633 e. The molecule has 12 aromatic carbocycles. The molecule has 0 heteroatoms. The Hall–Kier alpha value is -7.28. The van der Waals surface area contributed by atoms with Crippen LogP contribution in [0.3, 0.4) is 0 Å². The summed E-state index contributed by atoms with van der Waals surface area (Å²) in [5.74, 6) is 0. The number of hydrogen-bond donors (Lipinski definition) is 0. The van der Waals surface area contributed by atoms with Crippen LogP contribution in [0.4, 0.5) is 0 Å². The fraction of sp³-hybridized carbons (Fsp3) is 0.0968. The van der Waals surface area contributed by atoms with Crippen LogP contribution < -0.4 is 0 Å². The van der Waals surface area contributed by atoms with E-state index < -0.39 is 345 Å². The van der Waals surface area contributed by atoms with E-state index in [-0.39, 0.29) is 10.8 Å². The zero-order valence-corrected chi connectivity index (χ0v) is 31.1. The fourth-order valence-electron chi connectivity index (χ4n) is 8.81. The smallest absolute Gasteiger partial charge is 0.0610 e. The van der Waals surface area contributed by atoms with Crippen molar-refractivity contribution in [2.45, 2.75) is 38.2 Å². The van der Waals surface area contributed by atoms with Crippen molar-refractivity contribution in [2.75, 3.05) is 0 Å². The van der Waals surface area contributed by atoms with Crippen molar-refractivity contribution in [3.05, 3.63) is 204 Å². The summed E-state index contributed by atoms with van der Waals surface area (Å²) >= 11 is 0. The molecule has 290 valence electrons. The molecule has 2 aliphatic carbocycles. The number of benzene rings is 12. The first-order valence-corrected chi connectivity index (χ1v) is 18.8. The number of rotatable bonds is 3. The van der Waals surface area contributed by atoms with Gasteiger partial charge in [-0.3, -0.25) is 0 Å². The molecule has 0 aromatic heterocycles. The van der Waals surface area contributed by atoms with Gasteiger partial charge in [-0.25, -0.2) is 0 Å². The lowest BCUT2D eigenvalue weighted by Crippen LogP contribution is -2.15. The molecule has 2 aliphatic rings. The van der Waals surface area contributed by atoms with Crippen LogP contribution in [0, 0.1) is 0 Å². The number of fused-ring (bicyclic) bond motifs is 6. The molecule has 0 radical (unpaired) electrons. The Morgan fingerprint density at radius 3 is 1.11 bits per heavy atom.